The first-order chi connectivity index (χ1) is 6.25. The fraction of sp³-hybridized carbons (Fsp3) is 1.00. The van der Waals surface area contributed by atoms with Gasteiger partial charge in [-0.2, -0.15) is 0 Å². The van der Waals surface area contributed by atoms with Crippen LogP contribution in [0.2, 0.25) is 0 Å². The Bertz CT molecular complexity index is 140. The molecule has 78 valence electrons. The van der Waals surface area contributed by atoms with Crippen molar-refractivity contribution >= 4 is 0 Å². The van der Waals surface area contributed by atoms with Gasteiger partial charge in [-0.3, -0.25) is 0 Å². The molecule has 1 saturated heterocycles. The van der Waals surface area contributed by atoms with Crippen molar-refractivity contribution < 1.29 is 14.2 Å². The van der Waals surface area contributed by atoms with Crippen molar-refractivity contribution in [2.75, 3.05) is 26.4 Å². The number of hydrogen-bond donors (Lipinski definition) is 1. The number of nitrogens with two attached hydrogens (primary N) is 1. The van der Waals surface area contributed by atoms with Gasteiger partial charge in [0, 0.05) is 19.6 Å². The summed E-state index contributed by atoms with van der Waals surface area (Å²) in [5.41, 5.74) is 5.91. The van der Waals surface area contributed by atoms with Gasteiger partial charge in [0.1, 0.15) is 0 Å². The van der Waals surface area contributed by atoms with Crippen LogP contribution in [0.1, 0.15) is 20.3 Å². The average molecular weight is 189 g/mol. The van der Waals surface area contributed by atoms with Gasteiger partial charge < -0.3 is 19.9 Å². The van der Waals surface area contributed by atoms with Gasteiger partial charge in [-0.1, -0.05) is 0 Å². The number of ether oxygens (including phenoxy) is 3. The molecule has 4 heteroatoms. The van der Waals surface area contributed by atoms with Crippen LogP contribution in [0.25, 0.3) is 0 Å². The quantitative estimate of drug-likeness (QED) is 0.654. The molecule has 1 aliphatic rings. The van der Waals surface area contributed by atoms with E-state index < -0.39 is 5.79 Å². The molecule has 1 heterocycles. The smallest absolute Gasteiger partial charge is 0.187 e. The summed E-state index contributed by atoms with van der Waals surface area (Å²) in [7, 11) is 0. The molecule has 0 aromatic carbocycles. The maximum atomic E-state index is 5.91. The summed E-state index contributed by atoms with van der Waals surface area (Å²) in [5, 5.41) is 0. The normalized spacial score (nSPS) is 27.5. The van der Waals surface area contributed by atoms with Crippen molar-refractivity contribution in [3.8, 4) is 0 Å². The molecule has 0 aromatic rings. The summed E-state index contributed by atoms with van der Waals surface area (Å²) in [6.07, 6.45) is 0.718. The van der Waals surface area contributed by atoms with Gasteiger partial charge in [0.15, 0.2) is 5.79 Å². The Balaban J connectivity index is 2.61. The molecule has 0 radical (unpaired) electrons. The van der Waals surface area contributed by atoms with Crippen LogP contribution in [0, 0.1) is 0 Å². The topological polar surface area (TPSA) is 53.7 Å². The highest BCUT2D eigenvalue weighted by atomic mass is 16.7. The van der Waals surface area contributed by atoms with E-state index in [0.717, 1.165) is 6.42 Å². The van der Waals surface area contributed by atoms with Gasteiger partial charge in [0.25, 0.3) is 0 Å². The Labute approximate surface area is 79.3 Å². The van der Waals surface area contributed by atoms with E-state index in [1.54, 1.807) is 0 Å². The molecular formula is C9H19NO3. The standard InChI is InChI=1S/C9H19NO3/c1-3-12-9(13-4-2)5-6-11-7-8(9)10/h8H,3-7,10H2,1-2H3. The van der Waals surface area contributed by atoms with E-state index in [1.165, 1.54) is 0 Å². The second-order valence-corrected chi connectivity index (χ2v) is 3.11. The van der Waals surface area contributed by atoms with E-state index in [2.05, 4.69) is 0 Å². The minimum absolute atomic E-state index is 0.179. The lowest BCUT2D eigenvalue weighted by Gasteiger charge is -2.40. The van der Waals surface area contributed by atoms with Crippen molar-refractivity contribution in [3.63, 3.8) is 0 Å². The Hall–Kier alpha value is -0.160. The Morgan fingerprint density at radius 2 is 2.00 bits per heavy atom. The molecule has 0 spiro atoms. The summed E-state index contributed by atoms with van der Waals surface area (Å²) in [6, 6.07) is -0.179. The molecular weight excluding hydrogens is 170 g/mol. The largest absolute Gasteiger partial charge is 0.379 e. The molecule has 0 saturated carbocycles. The van der Waals surface area contributed by atoms with E-state index in [0.29, 0.717) is 26.4 Å². The van der Waals surface area contributed by atoms with Crippen LogP contribution in [-0.2, 0) is 14.2 Å². The molecule has 2 N–H and O–H groups in total. The lowest BCUT2D eigenvalue weighted by atomic mass is 10.0. The predicted molar refractivity (Wildman–Crippen MR) is 49.4 cm³/mol. The van der Waals surface area contributed by atoms with Crippen LogP contribution in [0.5, 0.6) is 0 Å². The van der Waals surface area contributed by atoms with Gasteiger partial charge in [0.2, 0.25) is 0 Å². The molecule has 1 atom stereocenters. The fourth-order valence-corrected chi connectivity index (χ4v) is 1.63. The summed E-state index contributed by atoms with van der Waals surface area (Å²) in [5.74, 6) is -0.609. The molecule has 0 bridgehead atoms. The number of rotatable bonds is 4. The molecule has 4 nitrogen and oxygen atoms in total. The zero-order valence-electron chi connectivity index (χ0n) is 8.41. The van der Waals surface area contributed by atoms with Crippen LogP contribution in [0.3, 0.4) is 0 Å². The SMILES string of the molecule is CCOC1(OCC)CCOCC1N. The minimum atomic E-state index is -0.609. The highest BCUT2D eigenvalue weighted by Gasteiger charge is 2.41. The maximum absolute atomic E-state index is 5.91. The van der Waals surface area contributed by atoms with Gasteiger partial charge in [0.05, 0.1) is 19.3 Å². The second kappa shape index (κ2) is 4.91. The zero-order chi connectivity index (χ0) is 9.73. The predicted octanol–water partition coefficient (Wildman–Crippen LogP) is 0.503. The highest BCUT2D eigenvalue weighted by Crippen LogP contribution is 2.25. The Morgan fingerprint density at radius 3 is 2.46 bits per heavy atom. The molecule has 0 aromatic heterocycles. The Kier molecular flexibility index (Phi) is 4.12. The molecule has 1 rings (SSSR count). The molecule has 1 fully saturated rings. The van der Waals surface area contributed by atoms with Crippen LogP contribution in [0.15, 0.2) is 0 Å². The molecule has 0 amide bonds. The van der Waals surface area contributed by atoms with E-state index >= 15 is 0 Å². The van der Waals surface area contributed by atoms with Gasteiger partial charge >= 0.3 is 0 Å². The third kappa shape index (κ3) is 2.40. The monoisotopic (exact) mass is 189 g/mol. The summed E-state index contributed by atoms with van der Waals surface area (Å²) < 4.78 is 16.4. The molecule has 0 aliphatic carbocycles. The van der Waals surface area contributed by atoms with Crippen molar-refractivity contribution in [1.82, 2.24) is 0 Å². The first kappa shape index (κ1) is 10.9. The number of hydrogen-bond acceptors (Lipinski definition) is 4. The van der Waals surface area contributed by atoms with Crippen LogP contribution in [0.4, 0.5) is 0 Å². The van der Waals surface area contributed by atoms with E-state index in [9.17, 15) is 0 Å². The lowest BCUT2D eigenvalue weighted by molar-refractivity contribution is -0.274. The summed E-state index contributed by atoms with van der Waals surface area (Å²) in [4.78, 5) is 0. The second-order valence-electron chi connectivity index (χ2n) is 3.11. The fourth-order valence-electron chi connectivity index (χ4n) is 1.63. The summed E-state index contributed by atoms with van der Waals surface area (Å²) >= 11 is 0. The molecule has 1 aliphatic heterocycles. The Morgan fingerprint density at radius 1 is 1.38 bits per heavy atom. The van der Waals surface area contributed by atoms with Gasteiger partial charge in [-0.25, -0.2) is 0 Å². The van der Waals surface area contributed by atoms with Crippen molar-refractivity contribution in [2.24, 2.45) is 5.73 Å². The highest BCUT2D eigenvalue weighted by molar-refractivity contribution is 4.86. The van der Waals surface area contributed by atoms with Crippen molar-refractivity contribution in [1.29, 1.82) is 0 Å². The third-order valence-corrected chi connectivity index (χ3v) is 2.23. The van der Waals surface area contributed by atoms with Gasteiger partial charge in [-0.05, 0) is 13.8 Å². The van der Waals surface area contributed by atoms with E-state index in [4.69, 9.17) is 19.9 Å². The van der Waals surface area contributed by atoms with Crippen LogP contribution >= 0.6 is 0 Å². The lowest BCUT2D eigenvalue weighted by Crippen LogP contribution is -2.57. The average Bonchev–Trinajstić information content (AvgIpc) is 2.11. The maximum Gasteiger partial charge on any atom is 0.187 e. The summed E-state index contributed by atoms with van der Waals surface area (Å²) in [6.45, 7) is 6.31. The first-order valence-corrected chi connectivity index (χ1v) is 4.86. The van der Waals surface area contributed by atoms with Gasteiger partial charge in [-0.15, -0.1) is 0 Å². The van der Waals surface area contributed by atoms with Crippen molar-refractivity contribution in [3.05, 3.63) is 0 Å². The zero-order valence-corrected chi connectivity index (χ0v) is 8.41. The van der Waals surface area contributed by atoms with Crippen LogP contribution in [-0.4, -0.2) is 38.3 Å². The van der Waals surface area contributed by atoms with E-state index in [1.807, 2.05) is 13.8 Å². The first-order valence-electron chi connectivity index (χ1n) is 4.86. The van der Waals surface area contributed by atoms with Crippen LogP contribution < -0.4 is 5.73 Å². The van der Waals surface area contributed by atoms with E-state index in [-0.39, 0.29) is 6.04 Å². The molecule has 13 heavy (non-hydrogen) atoms. The minimum Gasteiger partial charge on any atom is -0.379 e. The molecule has 1 unspecified atom stereocenters. The van der Waals surface area contributed by atoms with Crippen molar-refractivity contribution in [2.45, 2.75) is 32.1 Å². The third-order valence-electron chi connectivity index (χ3n) is 2.23.